The van der Waals surface area contributed by atoms with Crippen LogP contribution in [0.2, 0.25) is 0 Å². The van der Waals surface area contributed by atoms with Crippen molar-refractivity contribution in [2.75, 3.05) is 13.1 Å². The third kappa shape index (κ3) is 3.02. The van der Waals surface area contributed by atoms with Crippen molar-refractivity contribution in [2.24, 2.45) is 11.7 Å². The first-order valence-electron chi connectivity index (χ1n) is 6.44. The zero-order valence-corrected chi connectivity index (χ0v) is 13.3. The van der Waals surface area contributed by atoms with Crippen LogP contribution >= 0.6 is 15.9 Å². The molecule has 19 heavy (non-hydrogen) atoms. The molecular formula is C13H19BrN2O2S. The Morgan fingerprint density at radius 1 is 1.47 bits per heavy atom. The molecule has 1 aliphatic heterocycles. The summed E-state index contributed by atoms with van der Waals surface area (Å²) in [4.78, 5) is 0.328. The van der Waals surface area contributed by atoms with Gasteiger partial charge >= 0.3 is 0 Å². The van der Waals surface area contributed by atoms with Gasteiger partial charge in [-0.1, -0.05) is 28.9 Å². The van der Waals surface area contributed by atoms with Crippen LogP contribution in [0.15, 0.2) is 33.6 Å². The maximum absolute atomic E-state index is 12.7. The summed E-state index contributed by atoms with van der Waals surface area (Å²) >= 11 is 3.32. The molecule has 2 atom stereocenters. The van der Waals surface area contributed by atoms with Crippen LogP contribution < -0.4 is 5.73 Å². The molecule has 2 unspecified atom stereocenters. The summed E-state index contributed by atoms with van der Waals surface area (Å²) < 4.78 is 27.7. The van der Waals surface area contributed by atoms with Crippen molar-refractivity contribution in [3.8, 4) is 0 Å². The van der Waals surface area contributed by atoms with Gasteiger partial charge in [0.05, 0.1) is 4.90 Å². The summed E-state index contributed by atoms with van der Waals surface area (Å²) in [5.74, 6) is 0.306. The van der Waals surface area contributed by atoms with Gasteiger partial charge in [0, 0.05) is 23.6 Å². The fourth-order valence-corrected chi connectivity index (χ4v) is 4.99. The van der Waals surface area contributed by atoms with E-state index in [1.807, 2.05) is 6.07 Å². The Balaban J connectivity index is 2.38. The van der Waals surface area contributed by atoms with Gasteiger partial charge in [-0.05, 0) is 37.0 Å². The average Bonchev–Trinajstić information content (AvgIpc) is 2.38. The highest BCUT2D eigenvalue weighted by atomic mass is 79.9. The van der Waals surface area contributed by atoms with E-state index in [2.05, 4.69) is 22.9 Å². The second-order valence-electron chi connectivity index (χ2n) is 5.00. The Hall–Kier alpha value is -0.430. The minimum absolute atomic E-state index is 0.0993. The maximum atomic E-state index is 12.7. The highest BCUT2D eigenvalue weighted by Gasteiger charge is 2.36. The average molecular weight is 347 g/mol. The summed E-state index contributed by atoms with van der Waals surface area (Å²) in [6, 6.07) is 6.73. The van der Waals surface area contributed by atoms with Crippen LogP contribution in [0.5, 0.6) is 0 Å². The summed E-state index contributed by atoms with van der Waals surface area (Å²) in [6.45, 7) is 3.00. The van der Waals surface area contributed by atoms with Gasteiger partial charge in [0.25, 0.3) is 0 Å². The highest BCUT2D eigenvalue weighted by molar-refractivity contribution is 9.10. The van der Waals surface area contributed by atoms with Crippen LogP contribution in [-0.4, -0.2) is 31.9 Å². The van der Waals surface area contributed by atoms with Gasteiger partial charge in [0.15, 0.2) is 0 Å². The number of halogens is 1. The Labute approximate surface area is 123 Å². The number of nitrogens with two attached hydrogens (primary N) is 1. The molecule has 1 aliphatic rings. The Morgan fingerprint density at radius 2 is 2.21 bits per heavy atom. The Morgan fingerprint density at radius 3 is 2.84 bits per heavy atom. The molecule has 1 saturated heterocycles. The van der Waals surface area contributed by atoms with Gasteiger partial charge in [0.1, 0.15) is 0 Å². The van der Waals surface area contributed by atoms with Gasteiger partial charge in [0.2, 0.25) is 10.0 Å². The van der Waals surface area contributed by atoms with E-state index in [0.29, 0.717) is 23.9 Å². The van der Waals surface area contributed by atoms with Crippen LogP contribution in [0.4, 0.5) is 0 Å². The maximum Gasteiger partial charge on any atom is 0.243 e. The van der Waals surface area contributed by atoms with E-state index in [4.69, 9.17) is 5.73 Å². The summed E-state index contributed by atoms with van der Waals surface area (Å²) in [5, 5.41) is 0. The quantitative estimate of drug-likeness (QED) is 0.912. The van der Waals surface area contributed by atoms with E-state index in [1.54, 1.807) is 22.5 Å². The van der Waals surface area contributed by atoms with Crippen molar-refractivity contribution in [1.82, 2.24) is 4.31 Å². The van der Waals surface area contributed by atoms with E-state index in [-0.39, 0.29) is 6.04 Å². The van der Waals surface area contributed by atoms with E-state index < -0.39 is 10.0 Å². The van der Waals surface area contributed by atoms with Crippen LogP contribution in [-0.2, 0) is 10.0 Å². The third-order valence-electron chi connectivity index (χ3n) is 3.71. The van der Waals surface area contributed by atoms with Crippen LogP contribution in [0.3, 0.4) is 0 Å². The molecular weight excluding hydrogens is 328 g/mol. The molecule has 1 aromatic rings. The van der Waals surface area contributed by atoms with Crippen molar-refractivity contribution in [3.05, 3.63) is 28.7 Å². The van der Waals surface area contributed by atoms with Gasteiger partial charge in [-0.15, -0.1) is 0 Å². The molecule has 0 radical (unpaired) electrons. The van der Waals surface area contributed by atoms with Crippen molar-refractivity contribution in [2.45, 2.75) is 30.7 Å². The molecule has 1 aromatic carbocycles. The van der Waals surface area contributed by atoms with Crippen molar-refractivity contribution in [1.29, 1.82) is 0 Å². The molecule has 1 fully saturated rings. The van der Waals surface area contributed by atoms with Crippen molar-refractivity contribution >= 4 is 26.0 Å². The van der Waals surface area contributed by atoms with Gasteiger partial charge in [-0.3, -0.25) is 0 Å². The van der Waals surface area contributed by atoms with Crippen LogP contribution in [0.25, 0.3) is 0 Å². The molecule has 6 heteroatoms. The molecule has 0 saturated carbocycles. The lowest BCUT2D eigenvalue weighted by molar-refractivity contribution is 0.192. The zero-order chi connectivity index (χ0) is 14.0. The Kier molecular flexibility index (Phi) is 4.66. The molecule has 0 aliphatic carbocycles. The van der Waals surface area contributed by atoms with Crippen molar-refractivity contribution < 1.29 is 8.42 Å². The molecule has 0 bridgehead atoms. The fourth-order valence-electron chi connectivity index (χ4n) is 2.62. The fraction of sp³-hybridized carbons (Fsp3) is 0.538. The molecule has 0 aromatic heterocycles. The second kappa shape index (κ2) is 5.91. The first kappa shape index (κ1) is 15.0. The topological polar surface area (TPSA) is 63.4 Å². The largest absolute Gasteiger partial charge is 0.329 e. The van der Waals surface area contributed by atoms with Crippen LogP contribution in [0.1, 0.15) is 19.8 Å². The van der Waals surface area contributed by atoms with Crippen molar-refractivity contribution in [3.63, 3.8) is 0 Å². The summed E-state index contributed by atoms with van der Waals surface area (Å²) in [7, 11) is -3.46. The molecule has 1 heterocycles. The smallest absolute Gasteiger partial charge is 0.243 e. The lowest BCUT2D eigenvalue weighted by Crippen LogP contribution is -2.51. The van der Waals surface area contributed by atoms with E-state index >= 15 is 0 Å². The van der Waals surface area contributed by atoms with Crippen LogP contribution in [0, 0.1) is 5.92 Å². The number of benzene rings is 1. The molecule has 106 valence electrons. The van der Waals surface area contributed by atoms with Gasteiger partial charge < -0.3 is 5.73 Å². The molecule has 0 amide bonds. The third-order valence-corrected chi connectivity index (χ3v) is 6.12. The Bertz CT molecular complexity index is 547. The number of sulfonamides is 1. The lowest BCUT2D eigenvalue weighted by atomic mass is 9.93. The zero-order valence-electron chi connectivity index (χ0n) is 10.9. The number of nitrogens with zero attached hydrogens (tertiary/aromatic N) is 1. The molecule has 0 spiro atoms. The van der Waals surface area contributed by atoms with E-state index in [9.17, 15) is 8.42 Å². The molecule has 4 nitrogen and oxygen atoms in total. The molecule has 2 N–H and O–H groups in total. The number of hydrogen-bond donors (Lipinski definition) is 1. The first-order chi connectivity index (χ1) is 8.96. The summed E-state index contributed by atoms with van der Waals surface area (Å²) in [5.41, 5.74) is 5.77. The first-order valence-corrected chi connectivity index (χ1v) is 8.67. The SMILES string of the molecule is CC1CCCN(S(=O)(=O)c2cccc(Br)c2)C1CN. The predicted octanol–water partition coefficient (Wildman–Crippen LogP) is 2.20. The summed E-state index contributed by atoms with van der Waals surface area (Å²) in [6.07, 6.45) is 1.93. The number of rotatable bonds is 3. The lowest BCUT2D eigenvalue weighted by Gasteiger charge is -2.38. The highest BCUT2D eigenvalue weighted by Crippen LogP contribution is 2.29. The standard InChI is InChI=1S/C13H19BrN2O2S/c1-10-4-3-7-16(13(10)9-15)19(17,18)12-6-2-5-11(14)8-12/h2,5-6,8,10,13H,3-4,7,9,15H2,1H3. The van der Waals surface area contributed by atoms with Gasteiger partial charge in [-0.2, -0.15) is 4.31 Å². The minimum atomic E-state index is -3.46. The molecule has 2 rings (SSSR count). The monoisotopic (exact) mass is 346 g/mol. The van der Waals surface area contributed by atoms with Gasteiger partial charge in [-0.25, -0.2) is 8.42 Å². The predicted molar refractivity (Wildman–Crippen MR) is 79.3 cm³/mol. The van der Waals surface area contributed by atoms with E-state index in [0.717, 1.165) is 17.3 Å². The minimum Gasteiger partial charge on any atom is -0.329 e. The normalized spacial score (nSPS) is 25.4. The number of hydrogen-bond acceptors (Lipinski definition) is 3. The second-order valence-corrected chi connectivity index (χ2v) is 7.80. The number of piperidine rings is 1. The van der Waals surface area contributed by atoms with E-state index in [1.165, 1.54) is 0 Å².